The van der Waals surface area contributed by atoms with Gasteiger partial charge in [-0.15, -0.1) is 0 Å². The van der Waals surface area contributed by atoms with Gasteiger partial charge in [0, 0.05) is 18.0 Å². The number of esters is 1. The minimum atomic E-state index is -4.58. The maximum absolute atomic E-state index is 13.7. The van der Waals surface area contributed by atoms with E-state index in [1.165, 1.54) is 28.9 Å². The average Bonchev–Trinajstić information content (AvgIpc) is 3.41. The molecule has 3 rings (SSSR count). The van der Waals surface area contributed by atoms with E-state index in [4.69, 9.17) is 4.74 Å². The number of aldehydes is 1. The highest BCUT2D eigenvalue weighted by Crippen LogP contribution is 2.40. The van der Waals surface area contributed by atoms with Crippen molar-refractivity contribution in [1.29, 1.82) is 0 Å². The molecular formula is C25H30F3N3O4. The second-order valence-corrected chi connectivity index (χ2v) is 9.70. The maximum Gasteiger partial charge on any atom is 0.417 e. The van der Waals surface area contributed by atoms with E-state index in [2.05, 4.69) is 10.4 Å². The number of ether oxygens (including phenoxy) is 1. The van der Waals surface area contributed by atoms with Crippen molar-refractivity contribution in [1.82, 2.24) is 15.1 Å². The van der Waals surface area contributed by atoms with Crippen molar-refractivity contribution >= 4 is 18.2 Å². The van der Waals surface area contributed by atoms with E-state index in [1.807, 2.05) is 0 Å². The summed E-state index contributed by atoms with van der Waals surface area (Å²) in [7, 11) is 0. The molecule has 1 aliphatic rings. The summed E-state index contributed by atoms with van der Waals surface area (Å²) in [5, 5.41) is 6.99. The number of aromatic nitrogens is 2. The second-order valence-electron chi connectivity index (χ2n) is 9.70. The van der Waals surface area contributed by atoms with Gasteiger partial charge < -0.3 is 14.8 Å². The summed E-state index contributed by atoms with van der Waals surface area (Å²) in [6, 6.07) is 5.57. The number of alkyl halides is 3. The van der Waals surface area contributed by atoms with E-state index < -0.39 is 35.3 Å². The third-order valence-electron chi connectivity index (χ3n) is 5.70. The first-order chi connectivity index (χ1) is 16.4. The number of nitrogens with zero attached hydrogens (tertiary/aromatic N) is 2. The lowest BCUT2D eigenvalue weighted by molar-refractivity contribution is -0.155. The molecule has 0 bridgehead atoms. The lowest BCUT2D eigenvalue weighted by Crippen LogP contribution is -2.38. The Hall–Kier alpha value is -3.17. The number of hydrogen-bond acceptors (Lipinski definition) is 5. The number of amides is 1. The smallest absolute Gasteiger partial charge is 0.417 e. The minimum Gasteiger partial charge on any atom is -0.460 e. The van der Waals surface area contributed by atoms with E-state index in [0.29, 0.717) is 6.29 Å². The largest absolute Gasteiger partial charge is 0.460 e. The molecule has 7 nitrogen and oxygen atoms in total. The fraction of sp³-hybridized carbons (Fsp3) is 0.520. The summed E-state index contributed by atoms with van der Waals surface area (Å²) >= 11 is 0. The van der Waals surface area contributed by atoms with Crippen molar-refractivity contribution in [3.63, 3.8) is 0 Å². The average molecular weight is 494 g/mol. The lowest BCUT2D eigenvalue weighted by Gasteiger charge is -2.22. The minimum absolute atomic E-state index is 0.0587. The highest BCUT2D eigenvalue weighted by atomic mass is 19.4. The number of nitrogens with one attached hydrogen (secondary N) is 1. The molecule has 0 aliphatic heterocycles. The molecule has 0 spiro atoms. The van der Waals surface area contributed by atoms with Gasteiger partial charge in [0.2, 0.25) is 0 Å². The van der Waals surface area contributed by atoms with Crippen LogP contribution in [0.25, 0.3) is 11.3 Å². The highest BCUT2D eigenvalue weighted by molar-refractivity contribution is 5.94. The van der Waals surface area contributed by atoms with Crippen LogP contribution in [0.5, 0.6) is 0 Å². The third kappa shape index (κ3) is 6.93. The van der Waals surface area contributed by atoms with Crippen molar-refractivity contribution in [2.24, 2.45) is 0 Å². The van der Waals surface area contributed by atoms with E-state index in [9.17, 15) is 27.6 Å². The van der Waals surface area contributed by atoms with Crippen LogP contribution in [0, 0.1) is 0 Å². The molecule has 1 aromatic carbocycles. The van der Waals surface area contributed by atoms with Gasteiger partial charge in [0.05, 0.1) is 23.7 Å². The fourth-order valence-electron chi connectivity index (χ4n) is 4.24. The number of hydrogen-bond donors (Lipinski definition) is 1. The monoisotopic (exact) mass is 493 g/mol. The molecule has 0 unspecified atom stereocenters. The van der Waals surface area contributed by atoms with Crippen LogP contribution in [0.2, 0.25) is 0 Å². The summed E-state index contributed by atoms with van der Waals surface area (Å²) in [6.45, 7) is 5.11. The van der Waals surface area contributed by atoms with Crippen molar-refractivity contribution < 1.29 is 32.3 Å². The number of halogens is 3. The van der Waals surface area contributed by atoms with Crippen molar-refractivity contribution in [3.05, 3.63) is 41.6 Å². The van der Waals surface area contributed by atoms with Crippen LogP contribution < -0.4 is 5.32 Å². The Kier molecular flexibility index (Phi) is 8.02. The van der Waals surface area contributed by atoms with E-state index in [1.54, 1.807) is 20.8 Å². The molecule has 1 aliphatic carbocycles. The van der Waals surface area contributed by atoms with E-state index in [-0.39, 0.29) is 35.8 Å². The van der Waals surface area contributed by atoms with Crippen LogP contribution in [0.4, 0.5) is 13.2 Å². The predicted molar refractivity (Wildman–Crippen MR) is 123 cm³/mol. The zero-order valence-electron chi connectivity index (χ0n) is 20.0. The quantitative estimate of drug-likeness (QED) is 0.408. The molecule has 10 heteroatoms. The number of rotatable bonds is 8. The van der Waals surface area contributed by atoms with Gasteiger partial charge in [0.15, 0.2) is 5.69 Å². The Labute approximate surface area is 202 Å². The molecule has 1 saturated carbocycles. The van der Waals surface area contributed by atoms with Crippen molar-refractivity contribution in [2.75, 3.05) is 0 Å². The Bertz CT molecular complexity index is 1070. The number of carbonyl (C=O) groups is 3. The van der Waals surface area contributed by atoms with Crippen LogP contribution in [0.1, 0.15) is 81.4 Å². The van der Waals surface area contributed by atoms with Crippen LogP contribution in [-0.4, -0.2) is 39.6 Å². The zero-order chi connectivity index (χ0) is 25.8. The first-order valence-electron chi connectivity index (χ1n) is 11.6. The molecule has 1 amide bonds. The Morgan fingerprint density at radius 3 is 2.46 bits per heavy atom. The van der Waals surface area contributed by atoms with Crippen molar-refractivity contribution in [3.8, 4) is 11.3 Å². The first-order valence-corrected chi connectivity index (χ1v) is 11.6. The van der Waals surface area contributed by atoms with Gasteiger partial charge in [0.25, 0.3) is 5.91 Å². The second kappa shape index (κ2) is 10.6. The van der Waals surface area contributed by atoms with Gasteiger partial charge in [-0.05, 0) is 45.7 Å². The molecular weight excluding hydrogens is 463 g/mol. The van der Waals surface area contributed by atoms with E-state index in [0.717, 1.165) is 31.7 Å². The normalized spacial score (nSPS) is 15.6. The zero-order valence-corrected chi connectivity index (χ0v) is 20.0. The van der Waals surface area contributed by atoms with Crippen LogP contribution in [0.3, 0.4) is 0 Å². The molecule has 0 radical (unpaired) electrons. The molecule has 35 heavy (non-hydrogen) atoms. The molecule has 1 N–H and O–H groups in total. The third-order valence-corrected chi connectivity index (χ3v) is 5.70. The molecule has 1 fully saturated rings. The Balaban J connectivity index is 1.92. The summed E-state index contributed by atoms with van der Waals surface area (Å²) in [5.41, 5.74) is -1.47. The molecule has 0 saturated heterocycles. The van der Waals surface area contributed by atoms with Gasteiger partial charge in [-0.1, -0.05) is 31.0 Å². The predicted octanol–water partition coefficient (Wildman–Crippen LogP) is 5.10. The van der Waals surface area contributed by atoms with E-state index >= 15 is 0 Å². The van der Waals surface area contributed by atoms with Crippen molar-refractivity contribution in [2.45, 2.75) is 83.2 Å². The van der Waals surface area contributed by atoms with Crippen LogP contribution in [-0.2, 0) is 20.5 Å². The Morgan fingerprint density at radius 2 is 1.86 bits per heavy atom. The summed E-state index contributed by atoms with van der Waals surface area (Å²) in [6.07, 6.45) is -1.02. The van der Waals surface area contributed by atoms with Gasteiger partial charge in [0.1, 0.15) is 11.9 Å². The Morgan fingerprint density at radius 1 is 1.20 bits per heavy atom. The topological polar surface area (TPSA) is 90.3 Å². The SMILES string of the molecule is CC(C)(C)OC(=O)C[C@H](CC=O)NC(=O)c1cc(-c2ccccc2C(F)(F)F)n(C2CCCC2)n1. The van der Waals surface area contributed by atoms with Gasteiger partial charge in [-0.3, -0.25) is 14.3 Å². The van der Waals surface area contributed by atoms with Crippen LogP contribution >= 0.6 is 0 Å². The number of carbonyl (C=O) groups excluding carboxylic acids is 3. The summed E-state index contributed by atoms with van der Waals surface area (Å²) < 4.78 is 47.9. The fourth-order valence-corrected chi connectivity index (χ4v) is 4.24. The molecule has 1 aromatic heterocycles. The van der Waals surface area contributed by atoms with Gasteiger partial charge in [-0.2, -0.15) is 18.3 Å². The van der Waals surface area contributed by atoms with Gasteiger partial charge in [-0.25, -0.2) is 0 Å². The molecule has 190 valence electrons. The summed E-state index contributed by atoms with van der Waals surface area (Å²) in [4.78, 5) is 36.3. The first kappa shape index (κ1) is 26.4. The highest BCUT2D eigenvalue weighted by Gasteiger charge is 2.35. The maximum atomic E-state index is 13.7. The summed E-state index contributed by atoms with van der Waals surface area (Å²) in [5.74, 6) is -1.26. The standard InChI is InChI=1S/C25H30F3N3O4/c1-24(2,3)35-22(33)14-16(12-13-32)29-23(34)20-15-21(31(30-20)17-8-4-5-9-17)18-10-6-7-11-19(18)25(26,27)28/h6-7,10-11,13,15-17H,4-5,8-9,12,14H2,1-3H3,(H,29,34)/t16-/m0/s1. The number of benzene rings is 1. The molecule has 1 heterocycles. The van der Waals surface area contributed by atoms with Gasteiger partial charge >= 0.3 is 12.1 Å². The molecule has 2 aromatic rings. The lowest BCUT2D eigenvalue weighted by atomic mass is 10.0. The van der Waals surface area contributed by atoms with Crippen LogP contribution in [0.15, 0.2) is 30.3 Å². The molecule has 1 atom stereocenters.